The lowest BCUT2D eigenvalue weighted by Gasteiger charge is -2.38. The zero-order valence-corrected chi connectivity index (χ0v) is 10.8. The van der Waals surface area contributed by atoms with Crippen LogP contribution in [0.1, 0.15) is 33.6 Å². The van der Waals surface area contributed by atoms with Gasteiger partial charge in [-0.05, 0) is 20.8 Å². The van der Waals surface area contributed by atoms with Gasteiger partial charge in [0.05, 0.1) is 0 Å². The van der Waals surface area contributed by atoms with E-state index >= 15 is 0 Å². The average Bonchev–Trinajstić information content (AvgIpc) is 2.65. The zero-order valence-electron chi connectivity index (χ0n) is 10.8. The smallest absolute Gasteiger partial charge is 0.410 e. The molecule has 2 heterocycles. The van der Waals surface area contributed by atoms with Gasteiger partial charge >= 0.3 is 6.09 Å². The molecule has 2 rings (SSSR count). The summed E-state index contributed by atoms with van der Waals surface area (Å²) in [6, 6.07) is 0. The Morgan fingerprint density at radius 3 is 2.53 bits per heavy atom. The second kappa shape index (κ2) is 4.29. The van der Waals surface area contributed by atoms with Crippen LogP contribution >= 0.6 is 0 Å². The summed E-state index contributed by atoms with van der Waals surface area (Å²) < 4.78 is 5.36. The Balaban J connectivity index is 1.86. The van der Waals surface area contributed by atoms with Crippen molar-refractivity contribution < 1.29 is 9.53 Å². The van der Waals surface area contributed by atoms with Crippen LogP contribution in [0.4, 0.5) is 4.79 Å². The minimum absolute atomic E-state index is 0.113. The number of nitrogens with one attached hydrogen (secondary N) is 1. The molecular formula is C12H21N3O2. The molecule has 0 unspecified atom stereocenters. The molecule has 1 saturated heterocycles. The van der Waals surface area contributed by atoms with Crippen molar-refractivity contribution in [1.82, 2.24) is 10.2 Å². The van der Waals surface area contributed by atoms with E-state index in [2.05, 4.69) is 10.3 Å². The van der Waals surface area contributed by atoms with Crippen molar-refractivity contribution >= 4 is 12.3 Å². The van der Waals surface area contributed by atoms with Crippen molar-refractivity contribution in [3.05, 3.63) is 0 Å². The Morgan fingerprint density at radius 1 is 1.41 bits per heavy atom. The molecule has 2 aliphatic rings. The van der Waals surface area contributed by atoms with Crippen LogP contribution in [0.25, 0.3) is 0 Å². The number of piperidine rings is 1. The number of carbonyl (C=O) groups is 1. The molecule has 1 amide bonds. The summed E-state index contributed by atoms with van der Waals surface area (Å²) in [5.74, 6) is 0. The first-order valence-electron chi connectivity index (χ1n) is 6.17. The number of carbonyl (C=O) groups excluding carboxylic acids is 1. The molecule has 5 nitrogen and oxygen atoms in total. The normalized spacial score (nSPS) is 23.1. The number of likely N-dealkylation sites (tertiary alicyclic amines) is 1. The monoisotopic (exact) mass is 239 g/mol. The molecule has 5 heteroatoms. The summed E-state index contributed by atoms with van der Waals surface area (Å²) in [6.07, 6.45) is 3.43. The molecule has 0 aliphatic carbocycles. The van der Waals surface area contributed by atoms with Crippen LogP contribution in [0, 0.1) is 0 Å². The Bertz CT molecular complexity index is 325. The SMILES string of the molecule is CC(C)(C)OC(=O)N1CCC2(CC1)N=CCN2. The lowest BCUT2D eigenvalue weighted by atomic mass is 9.98. The van der Waals surface area contributed by atoms with Crippen molar-refractivity contribution in [2.24, 2.45) is 4.99 Å². The molecule has 96 valence electrons. The van der Waals surface area contributed by atoms with Gasteiger partial charge in [-0.2, -0.15) is 0 Å². The summed E-state index contributed by atoms with van der Waals surface area (Å²) in [5.41, 5.74) is -0.533. The molecule has 0 saturated carbocycles. The van der Waals surface area contributed by atoms with Gasteiger partial charge in [-0.3, -0.25) is 10.3 Å². The summed E-state index contributed by atoms with van der Waals surface area (Å²) in [7, 11) is 0. The van der Waals surface area contributed by atoms with Crippen molar-refractivity contribution in [3.8, 4) is 0 Å². The fraction of sp³-hybridized carbons (Fsp3) is 0.833. The molecule has 0 aromatic heterocycles. The highest BCUT2D eigenvalue weighted by Gasteiger charge is 2.37. The van der Waals surface area contributed by atoms with E-state index in [0.29, 0.717) is 13.1 Å². The van der Waals surface area contributed by atoms with Crippen LogP contribution in [-0.2, 0) is 4.74 Å². The van der Waals surface area contributed by atoms with Crippen LogP contribution in [0.5, 0.6) is 0 Å². The first kappa shape index (κ1) is 12.4. The Hall–Kier alpha value is -1.10. The minimum Gasteiger partial charge on any atom is -0.444 e. The molecule has 1 N–H and O–H groups in total. The number of ether oxygens (including phenoxy) is 1. The first-order valence-corrected chi connectivity index (χ1v) is 6.17. The standard InChI is InChI=1S/C12H21N3O2/c1-11(2,3)17-10(16)15-8-4-12(5-9-15)13-6-7-14-12/h6,14H,4-5,7-9H2,1-3H3. The quantitative estimate of drug-likeness (QED) is 0.695. The van der Waals surface area contributed by atoms with Crippen LogP contribution < -0.4 is 5.32 Å². The van der Waals surface area contributed by atoms with Crippen LogP contribution in [0.2, 0.25) is 0 Å². The zero-order chi connectivity index (χ0) is 12.5. The maximum Gasteiger partial charge on any atom is 0.410 e. The van der Waals surface area contributed by atoms with Gasteiger partial charge in [0, 0.05) is 38.7 Å². The van der Waals surface area contributed by atoms with Crippen LogP contribution in [0.3, 0.4) is 0 Å². The topological polar surface area (TPSA) is 53.9 Å². The lowest BCUT2D eigenvalue weighted by Crippen LogP contribution is -2.52. The number of hydrogen-bond acceptors (Lipinski definition) is 4. The van der Waals surface area contributed by atoms with Gasteiger partial charge in [-0.15, -0.1) is 0 Å². The third kappa shape index (κ3) is 2.97. The highest BCUT2D eigenvalue weighted by atomic mass is 16.6. The van der Waals surface area contributed by atoms with E-state index in [1.54, 1.807) is 4.90 Å². The van der Waals surface area contributed by atoms with Crippen molar-refractivity contribution in [2.75, 3.05) is 19.6 Å². The third-order valence-electron chi connectivity index (χ3n) is 3.10. The lowest BCUT2D eigenvalue weighted by molar-refractivity contribution is 0.0159. The minimum atomic E-state index is -0.421. The number of rotatable bonds is 0. The van der Waals surface area contributed by atoms with E-state index in [9.17, 15) is 4.79 Å². The fourth-order valence-corrected chi connectivity index (χ4v) is 2.19. The Labute approximate surface area is 102 Å². The van der Waals surface area contributed by atoms with E-state index in [4.69, 9.17) is 4.74 Å². The summed E-state index contributed by atoms with van der Waals surface area (Å²) in [6.45, 7) is 7.92. The van der Waals surface area contributed by atoms with Crippen molar-refractivity contribution in [3.63, 3.8) is 0 Å². The Kier molecular flexibility index (Phi) is 3.12. The summed E-state index contributed by atoms with van der Waals surface area (Å²) >= 11 is 0. The van der Waals surface area contributed by atoms with E-state index < -0.39 is 5.60 Å². The van der Waals surface area contributed by atoms with Gasteiger partial charge in [-0.1, -0.05) is 0 Å². The predicted octanol–water partition coefficient (Wildman–Crippen LogP) is 1.39. The van der Waals surface area contributed by atoms with Gasteiger partial charge in [0.15, 0.2) is 0 Å². The predicted molar refractivity (Wildman–Crippen MR) is 66.3 cm³/mol. The molecule has 0 aromatic carbocycles. The number of hydrogen-bond donors (Lipinski definition) is 1. The molecule has 0 aromatic rings. The van der Waals surface area contributed by atoms with Crippen LogP contribution in [0.15, 0.2) is 4.99 Å². The highest BCUT2D eigenvalue weighted by molar-refractivity contribution is 5.68. The van der Waals surface area contributed by atoms with Gasteiger partial charge in [0.2, 0.25) is 0 Å². The van der Waals surface area contributed by atoms with Gasteiger partial charge < -0.3 is 9.64 Å². The van der Waals surface area contributed by atoms with Crippen LogP contribution in [-0.4, -0.2) is 48.1 Å². The van der Waals surface area contributed by atoms with Crippen molar-refractivity contribution in [2.45, 2.75) is 44.9 Å². The van der Waals surface area contributed by atoms with E-state index in [1.807, 2.05) is 27.0 Å². The number of nitrogens with zero attached hydrogens (tertiary/aromatic N) is 2. The Morgan fingerprint density at radius 2 is 2.06 bits per heavy atom. The number of amides is 1. The largest absolute Gasteiger partial charge is 0.444 e. The fourth-order valence-electron chi connectivity index (χ4n) is 2.19. The van der Waals surface area contributed by atoms with Gasteiger partial charge in [0.1, 0.15) is 11.3 Å². The second-order valence-corrected chi connectivity index (χ2v) is 5.69. The average molecular weight is 239 g/mol. The van der Waals surface area contributed by atoms with Gasteiger partial charge in [0.25, 0.3) is 0 Å². The third-order valence-corrected chi connectivity index (χ3v) is 3.10. The molecule has 2 aliphatic heterocycles. The van der Waals surface area contributed by atoms with E-state index in [1.165, 1.54) is 0 Å². The molecular weight excluding hydrogens is 218 g/mol. The van der Waals surface area contributed by atoms with E-state index in [0.717, 1.165) is 19.4 Å². The maximum atomic E-state index is 11.9. The molecule has 1 spiro atoms. The number of aliphatic imine (C=N–C) groups is 1. The van der Waals surface area contributed by atoms with Gasteiger partial charge in [-0.25, -0.2) is 4.79 Å². The summed E-state index contributed by atoms with van der Waals surface area (Å²) in [5, 5.41) is 3.38. The molecule has 17 heavy (non-hydrogen) atoms. The molecule has 1 fully saturated rings. The molecule has 0 atom stereocenters. The van der Waals surface area contributed by atoms with Crippen molar-refractivity contribution in [1.29, 1.82) is 0 Å². The molecule has 0 bridgehead atoms. The summed E-state index contributed by atoms with van der Waals surface area (Å²) in [4.78, 5) is 18.1. The highest BCUT2D eigenvalue weighted by Crippen LogP contribution is 2.26. The first-order chi connectivity index (χ1) is 7.90. The van der Waals surface area contributed by atoms with E-state index in [-0.39, 0.29) is 11.8 Å². The second-order valence-electron chi connectivity index (χ2n) is 5.69. The molecule has 0 radical (unpaired) electrons. The maximum absolute atomic E-state index is 11.9.